The molecule has 1 aromatic carbocycles. The van der Waals surface area contributed by atoms with Gasteiger partial charge in [-0.25, -0.2) is 4.79 Å². The van der Waals surface area contributed by atoms with Crippen LogP contribution in [0.25, 0.3) is 0 Å². The van der Waals surface area contributed by atoms with E-state index in [4.69, 9.17) is 10.5 Å². The number of hydrogen-bond acceptors (Lipinski definition) is 5. The zero-order valence-electron chi connectivity index (χ0n) is 14.6. The fraction of sp³-hybridized carbons (Fsp3) is 0.500. The van der Waals surface area contributed by atoms with Gasteiger partial charge in [-0.15, -0.1) is 4.40 Å². The van der Waals surface area contributed by atoms with Gasteiger partial charge in [-0.1, -0.05) is 6.07 Å². The summed E-state index contributed by atoms with van der Waals surface area (Å²) >= 11 is 0. The third-order valence-electron chi connectivity index (χ3n) is 4.35. The third kappa shape index (κ3) is 4.01. The van der Waals surface area contributed by atoms with E-state index in [0.717, 1.165) is 19.4 Å². The number of carbonyl (C=O) groups excluding carboxylic acids is 1. The summed E-state index contributed by atoms with van der Waals surface area (Å²) in [5.74, 6) is 0.573. The molecule has 1 saturated heterocycles. The maximum absolute atomic E-state index is 12.0. The van der Waals surface area contributed by atoms with Crippen molar-refractivity contribution >= 4 is 27.8 Å². The Morgan fingerprint density at radius 1 is 1.50 bits per heavy atom. The van der Waals surface area contributed by atoms with Crippen LogP contribution in [0.4, 0.5) is 10.5 Å². The van der Waals surface area contributed by atoms with E-state index in [1.54, 1.807) is 23.1 Å². The van der Waals surface area contributed by atoms with E-state index >= 15 is 0 Å². The molecule has 0 aliphatic carbocycles. The fourth-order valence-electron chi connectivity index (χ4n) is 3.19. The van der Waals surface area contributed by atoms with Gasteiger partial charge in [0, 0.05) is 25.6 Å². The molecule has 9 nitrogen and oxygen atoms in total. The Kier molecular flexibility index (Phi) is 5.21. The lowest BCUT2D eigenvalue weighted by molar-refractivity contribution is 0.138. The van der Waals surface area contributed by atoms with Gasteiger partial charge in [0.2, 0.25) is 0 Å². The number of nitrogens with zero attached hydrogens (tertiary/aromatic N) is 2. The van der Waals surface area contributed by atoms with E-state index in [2.05, 4.69) is 14.4 Å². The van der Waals surface area contributed by atoms with Crippen LogP contribution in [0.15, 0.2) is 22.6 Å². The number of rotatable bonds is 4. The number of anilines is 1. The molecule has 1 aromatic rings. The van der Waals surface area contributed by atoms with E-state index in [-0.39, 0.29) is 17.8 Å². The number of carbonyl (C=O) groups is 1. The van der Waals surface area contributed by atoms with Crippen LogP contribution >= 0.6 is 0 Å². The van der Waals surface area contributed by atoms with Crippen molar-refractivity contribution in [2.75, 3.05) is 31.0 Å². The molecule has 0 unspecified atom stereocenters. The first-order valence-electron chi connectivity index (χ1n) is 8.56. The van der Waals surface area contributed by atoms with Crippen molar-refractivity contribution < 1.29 is 17.9 Å². The average molecular weight is 381 g/mol. The van der Waals surface area contributed by atoms with Gasteiger partial charge < -0.3 is 20.7 Å². The Balaban J connectivity index is 1.69. The summed E-state index contributed by atoms with van der Waals surface area (Å²) in [6, 6.07) is 4.97. The lowest BCUT2D eigenvalue weighted by Crippen LogP contribution is -2.46. The molecule has 2 heterocycles. The minimum atomic E-state index is -3.81. The summed E-state index contributed by atoms with van der Waals surface area (Å²) in [5.41, 5.74) is 6.61. The Morgan fingerprint density at radius 3 is 3.08 bits per heavy atom. The van der Waals surface area contributed by atoms with Crippen LogP contribution in [0.2, 0.25) is 0 Å². The summed E-state index contributed by atoms with van der Waals surface area (Å²) in [6.07, 6.45) is 1.88. The number of nitrogens with two attached hydrogens (primary N) is 1. The first-order chi connectivity index (χ1) is 12.4. The molecule has 0 saturated carbocycles. The fourth-order valence-corrected chi connectivity index (χ4v) is 4.04. The molecule has 2 amide bonds. The predicted molar refractivity (Wildman–Crippen MR) is 98.6 cm³/mol. The summed E-state index contributed by atoms with van der Waals surface area (Å²) < 4.78 is 35.0. The van der Waals surface area contributed by atoms with Gasteiger partial charge in [0.15, 0.2) is 5.84 Å². The zero-order valence-corrected chi connectivity index (χ0v) is 15.4. The van der Waals surface area contributed by atoms with Gasteiger partial charge in [0.25, 0.3) is 0 Å². The number of fused-ring (bicyclic) bond motifs is 1. The van der Waals surface area contributed by atoms with Crippen molar-refractivity contribution in [2.45, 2.75) is 19.8 Å². The highest BCUT2D eigenvalue weighted by molar-refractivity contribution is 7.91. The third-order valence-corrected chi connectivity index (χ3v) is 5.26. The molecule has 10 heteroatoms. The van der Waals surface area contributed by atoms with Crippen LogP contribution in [-0.4, -0.2) is 51.4 Å². The number of ether oxygens (including phenoxy) is 1. The van der Waals surface area contributed by atoms with E-state index in [1.807, 2.05) is 6.92 Å². The lowest BCUT2D eigenvalue weighted by atomic mass is 9.99. The molecule has 0 spiro atoms. The molecule has 1 fully saturated rings. The van der Waals surface area contributed by atoms with Gasteiger partial charge in [0.1, 0.15) is 5.75 Å². The first-order valence-corrected chi connectivity index (χ1v) is 10.0. The van der Waals surface area contributed by atoms with Crippen molar-refractivity contribution in [1.82, 2.24) is 10.2 Å². The number of urea groups is 1. The number of piperidine rings is 1. The molecular weight excluding hydrogens is 358 g/mol. The summed E-state index contributed by atoms with van der Waals surface area (Å²) in [6.45, 7) is 4.26. The van der Waals surface area contributed by atoms with Crippen LogP contribution in [-0.2, 0) is 10.2 Å². The lowest BCUT2D eigenvalue weighted by Gasteiger charge is -2.32. The normalized spacial score (nSPS) is 21.2. The molecule has 26 heavy (non-hydrogen) atoms. The van der Waals surface area contributed by atoms with Crippen LogP contribution in [0, 0.1) is 5.92 Å². The summed E-state index contributed by atoms with van der Waals surface area (Å²) in [7, 11) is -3.81. The zero-order chi connectivity index (χ0) is 18.7. The monoisotopic (exact) mass is 381 g/mol. The van der Waals surface area contributed by atoms with Gasteiger partial charge in [0.05, 0.1) is 17.9 Å². The van der Waals surface area contributed by atoms with Crippen LogP contribution < -0.4 is 20.5 Å². The predicted octanol–water partition coefficient (Wildman–Crippen LogP) is 0.883. The van der Waals surface area contributed by atoms with Crippen LogP contribution in [0.1, 0.15) is 25.3 Å². The minimum Gasteiger partial charge on any atom is -0.492 e. The van der Waals surface area contributed by atoms with Gasteiger partial charge in [-0.2, -0.15) is 8.42 Å². The smallest absolute Gasteiger partial charge is 0.344 e. The van der Waals surface area contributed by atoms with Gasteiger partial charge in [-0.05, 0) is 31.9 Å². The van der Waals surface area contributed by atoms with Crippen LogP contribution in [0.5, 0.6) is 5.75 Å². The van der Waals surface area contributed by atoms with Gasteiger partial charge >= 0.3 is 16.2 Å². The van der Waals surface area contributed by atoms with E-state index in [0.29, 0.717) is 36.7 Å². The average Bonchev–Trinajstić information content (AvgIpc) is 2.59. The molecule has 2 aliphatic heterocycles. The molecule has 3 rings (SSSR count). The molecule has 0 bridgehead atoms. The maximum atomic E-state index is 12.0. The number of amidine groups is 1. The SMILES string of the molecule is CCNC(=O)N1CCC[C@H](COc2cccc3c2C(N)=NS(=O)(=O)N3)C1. The molecular formula is C16H23N5O4S. The Bertz CT molecular complexity index is 824. The second-order valence-electron chi connectivity index (χ2n) is 6.33. The first kappa shape index (κ1) is 18.3. The summed E-state index contributed by atoms with van der Waals surface area (Å²) in [5, 5.41) is 2.81. The largest absolute Gasteiger partial charge is 0.492 e. The highest BCUT2D eigenvalue weighted by atomic mass is 32.2. The van der Waals surface area contributed by atoms with E-state index in [9.17, 15) is 13.2 Å². The quantitative estimate of drug-likeness (QED) is 0.714. The van der Waals surface area contributed by atoms with E-state index < -0.39 is 10.2 Å². The Labute approximate surface area is 152 Å². The second-order valence-corrected chi connectivity index (χ2v) is 7.67. The second kappa shape index (κ2) is 7.40. The molecule has 142 valence electrons. The number of likely N-dealkylation sites (tertiary alicyclic amines) is 1. The molecule has 0 radical (unpaired) electrons. The Morgan fingerprint density at radius 2 is 2.31 bits per heavy atom. The molecule has 2 aliphatic rings. The topological polar surface area (TPSA) is 126 Å². The molecule has 0 aromatic heterocycles. The van der Waals surface area contributed by atoms with Gasteiger partial charge in [-0.3, -0.25) is 4.72 Å². The number of hydrogen-bond donors (Lipinski definition) is 3. The highest BCUT2D eigenvalue weighted by Crippen LogP contribution is 2.31. The van der Waals surface area contributed by atoms with Crippen molar-refractivity contribution in [3.63, 3.8) is 0 Å². The van der Waals surface area contributed by atoms with Crippen molar-refractivity contribution in [3.8, 4) is 5.75 Å². The number of benzene rings is 1. The van der Waals surface area contributed by atoms with Crippen molar-refractivity contribution in [3.05, 3.63) is 23.8 Å². The van der Waals surface area contributed by atoms with Crippen molar-refractivity contribution in [2.24, 2.45) is 16.0 Å². The summed E-state index contributed by atoms with van der Waals surface area (Å²) in [4.78, 5) is 13.8. The number of amides is 2. The molecule has 4 N–H and O–H groups in total. The van der Waals surface area contributed by atoms with E-state index in [1.165, 1.54) is 0 Å². The Hall–Kier alpha value is -2.49. The van der Waals surface area contributed by atoms with Crippen LogP contribution in [0.3, 0.4) is 0 Å². The minimum absolute atomic E-state index is 0.0555. The highest BCUT2D eigenvalue weighted by Gasteiger charge is 2.26. The number of nitrogens with one attached hydrogen (secondary N) is 2. The van der Waals surface area contributed by atoms with Crippen molar-refractivity contribution in [1.29, 1.82) is 0 Å². The standard InChI is InChI=1S/C16H23N5O4S/c1-2-18-16(22)21-8-4-5-11(9-21)10-25-13-7-3-6-12-14(13)15(17)20-26(23,24)19-12/h3,6-7,11,19H,2,4-5,8-10H2,1H3,(H2,17,20)(H,18,22)/t11-/m0/s1. The maximum Gasteiger partial charge on any atom is 0.344 e. The molecule has 1 atom stereocenters.